The summed E-state index contributed by atoms with van der Waals surface area (Å²) in [5.41, 5.74) is 2.53. The van der Waals surface area contributed by atoms with E-state index in [1.54, 1.807) is 0 Å². The van der Waals surface area contributed by atoms with Crippen LogP contribution in [0.25, 0.3) is 0 Å². The van der Waals surface area contributed by atoms with Crippen LogP contribution in [0, 0.1) is 0 Å². The normalized spacial score (nSPS) is 13.4. The van der Waals surface area contributed by atoms with Gasteiger partial charge >= 0.3 is 0 Å². The molecule has 23 heavy (non-hydrogen) atoms. The van der Waals surface area contributed by atoms with Gasteiger partial charge in [-0.05, 0) is 37.8 Å². The molecule has 0 atom stereocenters. The smallest absolute Gasteiger partial charge is 0.223 e. The van der Waals surface area contributed by atoms with E-state index in [-0.39, 0.29) is 5.91 Å². The number of aryl methyl sites for hydroxylation is 1. The number of benzene rings is 1. The maximum absolute atomic E-state index is 11.9. The van der Waals surface area contributed by atoms with Crippen LogP contribution < -0.4 is 10.1 Å². The summed E-state index contributed by atoms with van der Waals surface area (Å²) in [4.78, 5) is 16.6. The third-order valence-electron chi connectivity index (χ3n) is 4.25. The van der Waals surface area contributed by atoms with Crippen LogP contribution in [0.3, 0.4) is 0 Å². The highest BCUT2D eigenvalue weighted by atomic mass is 16.5. The fraction of sp³-hybridized carbons (Fsp3) is 0.444. The highest BCUT2D eigenvalue weighted by Gasteiger charge is 2.17. The molecule has 1 aromatic heterocycles. The van der Waals surface area contributed by atoms with Gasteiger partial charge in [0.1, 0.15) is 11.6 Å². The number of amides is 1. The number of rotatable bonds is 6. The summed E-state index contributed by atoms with van der Waals surface area (Å²) in [5, 5.41) is 2.93. The monoisotopic (exact) mass is 313 g/mol. The molecule has 0 radical (unpaired) electrons. The van der Waals surface area contributed by atoms with Crippen LogP contribution >= 0.6 is 0 Å². The number of carbonyl (C=O) groups is 1. The number of ether oxygens (including phenoxy) is 1. The van der Waals surface area contributed by atoms with Crippen molar-refractivity contribution in [3.63, 3.8) is 0 Å². The lowest BCUT2D eigenvalue weighted by Crippen LogP contribution is -2.26. The van der Waals surface area contributed by atoms with Gasteiger partial charge in [-0.2, -0.15) is 0 Å². The first kappa shape index (κ1) is 15.6. The van der Waals surface area contributed by atoms with Crippen LogP contribution in [0.2, 0.25) is 0 Å². The minimum Gasteiger partial charge on any atom is -0.493 e. The van der Waals surface area contributed by atoms with Gasteiger partial charge in [0.25, 0.3) is 0 Å². The summed E-state index contributed by atoms with van der Waals surface area (Å²) in [7, 11) is 2.04. The number of carbonyl (C=O) groups excluding carboxylic acids is 1. The van der Waals surface area contributed by atoms with E-state index in [9.17, 15) is 4.79 Å². The molecule has 1 aliphatic carbocycles. The maximum Gasteiger partial charge on any atom is 0.223 e. The minimum absolute atomic E-state index is 0.0121. The van der Waals surface area contributed by atoms with Gasteiger partial charge in [-0.15, -0.1) is 0 Å². The van der Waals surface area contributed by atoms with Crippen molar-refractivity contribution in [1.82, 2.24) is 14.9 Å². The van der Waals surface area contributed by atoms with E-state index in [2.05, 4.69) is 14.9 Å². The number of nitrogens with zero attached hydrogens (tertiary/aromatic N) is 2. The minimum atomic E-state index is -0.0121. The molecule has 2 aromatic rings. The molecule has 0 spiro atoms. The number of nitrogens with one attached hydrogen (secondary N) is 1. The molecule has 1 heterocycles. The van der Waals surface area contributed by atoms with Crippen LogP contribution in [0.5, 0.6) is 5.75 Å². The Bertz CT molecular complexity index is 664. The molecule has 0 saturated carbocycles. The van der Waals surface area contributed by atoms with Gasteiger partial charge in [-0.3, -0.25) is 4.79 Å². The van der Waals surface area contributed by atoms with E-state index in [0.29, 0.717) is 19.6 Å². The Morgan fingerprint density at radius 1 is 1.26 bits per heavy atom. The Morgan fingerprint density at radius 3 is 2.83 bits per heavy atom. The first-order chi connectivity index (χ1) is 11.2. The molecule has 0 unspecified atom stereocenters. The van der Waals surface area contributed by atoms with Gasteiger partial charge in [0.2, 0.25) is 5.91 Å². The van der Waals surface area contributed by atoms with Crippen molar-refractivity contribution < 1.29 is 9.53 Å². The Labute approximate surface area is 136 Å². The molecule has 0 aliphatic heterocycles. The Morgan fingerprint density at radius 2 is 2.04 bits per heavy atom. The quantitative estimate of drug-likeness (QED) is 0.891. The third kappa shape index (κ3) is 3.92. The van der Waals surface area contributed by atoms with Crippen molar-refractivity contribution in [2.24, 2.45) is 7.05 Å². The van der Waals surface area contributed by atoms with Crippen molar-refractivity contribution in [2.75, 3.05) is 6.61 Å². The Balaban J connectivity index is 1.45. The molecular formula is C18H23N3O2. The molecule has 122 valence electrons. The number of hydrogen-bond acceptors (Lipinski definition) is 3. The summed E-state index contributed by atoms with van der Waals surface area (Å²) in [5.74, 6) is 1.72. The van der Waals surface area contributed by atoms with Crippen molar-refractivity contribution in [2.45, 2.75) is 38.6 Å². The fourth-order valence-electron chi connectivity index (χ4n) is 2.94. The summed E-state index contributed by atoms with van der Waals surface area (Å²) in [6.45, 7) is 0.862. The third-order valence-corrected chi connectivity index (χ3v) is 4.25. The number of hydrogen-bond donors (Lipinski definition) is 1. The van der Waals surface area contributed by atoms with Crippen LogP contribution in [0.15, 0.2) is 30.3 Å². The van der Waals surface area contributed by atoms with Gasteiger partial charge in [0, 0.05) is 12.7 Å². The summed E-state index contributed by atoms with van der Waals surface area (Å²) < 4.78 is 7.67. The highest BCUT2D eigenvalue weighted by Crippen LogP contribution is 2.21. The molecule has 5 heteroatoms. The first-order valence-electron chi connectivity index (χ1n) is 8.22. The van der Waals surface area contributed by atoms with Crippen molar-refractivity contribution in [3.05, 3.63) is 47.5 Å². The standard InChI is InChI=1S/C18H23N3O2/c1-21-16-10-6-5-9-15(16)20-17(21)13-19-18(22)11-12-23-14-7-3-2-4-8-14/h2-4,7-8H,5-6,9-13H2,1H3,(H,19,22). The fourth-order valence-corrected chi connectivity index (χ4v) is 2.94. The lowest BCUT2D eigenvalue weighted by molar-refractivity contribution is -0.121. The lowest BCUT2D eigenvalue weighted by atomic mass is 10.0. The van der Waals surface area contributed by atoms with Crippen LogP contribution in [-0.4, -0.2) is 22.1 Å². The molecule has 1 aliphatic rings. The van der Waals surface area contributed by atoms with E-state index >= 15 is 0 Å². The van der Waals surface area contributed by atoms with Crippen LogP contribution in [0.4, 0.5) is 0 Å². The summed E-state index contributed by atoms with van der Waals surface area (Å²) in [6.07, 6.45) is 4.94. The molecule has 1 N–H and O–H groups in total. The highest BCUT2D eigenvalue weighted by molar-refractivity contribution is 5.75. The first-order valence-corrected chi connectivity index (χ1v) is 8.22. The number of aromatic nitrogens is 2. The predicted molar refractivity (Wildman–Crippen MR) is 88.3 cm³/mol. The van der Waals surface area contributed by atoms with E-state index in [1.807, 2.05) is 37.4 Å². The molecular weight excluding hydrogens is 290 g/mol. The average molecular weight is 313 g/mol. The van der Waals surface area contributed by atoms with E-state index < -0.39 is 0 Å². The molecule has 0 fully saturated rings. The molecule has 3 rings (SSSR count). The van der Waals surface area contributed by atoms with E-state index in [0.717, 1.165) is 24.4 Å². The molecule has 1 amide bonds. The summed E-state index contributed by atoms with van der Waals surface area (Å²) >= 11 is 0. The largest absolute Gasteiger partial charge is 0.493 e. The number of para-hydroxylation sites is 1. The average Bonchev–Trinajstić information content (AvgIpc) is 2.90. The maximum atomic E-state index is 11.9. The van der Waals surface area contributed by atoms with E-state index in [4.69, 9.17) is 4.74 Å². The second-order valence-corrected chi connectivity index (χ2v) is 5.88. The zero-order valence-corrected chi connectivity index (χ0v) is 13.5. The molecule has 1 aromatic carbocycles. The van der Waals surface area contributed by atoms with Gasteiger partial charge in [0.15, 0.2) is 0 Å². The second kappa shape index (κ2) is 7.31. The van der Waals surface area contributed by atoms with Gasteiger partial charge in [0.05, 0.1) is 25.3 Å². The van der Waals surface area contributed by atoms with Gasteiger partial charge in [-0.25, -0.2) is 4.98 Å². The van der Waals surface area contributed by atoms with Crippen molar-refractivity contribution >= 4 is 5.91 Å². The topological polar surface area (TPSA) is 56.2 Å². The molecule has 0 saturated heterocycles. The lowest BCUT2D eigenvalue weighted by Gasteiger charge is -2.11. The predicted octanol–water partition coefficient (Wildman–Crippen LogP) is 2.38. The Hall–Kier alpha value is -2.30. The SMILES string of the molecule is Cn1c(CNC(=O)CCOc2ccccc2)nc2c1CCCC2. The van der Waals surface area contributed by atoms with Gasteiger partial charge < -0.3 is 14.6 Å². The van der Waals surface area contributed by atoms with Crippen molar-refractivity contribution in [1.29, 1.82) is 0 Å². The van der Waals surface area contributed by atoms with Crippen molar-refractivity contribution in [3.8, 4) is 5.75 Å². The Kier molecular flexibility index (Phi) is 4.95. The van der Waals surface area contributed by atoms with Gasteiger partial charge in [-0.1, -0.05) is 18.2 Å². The van der Waals surface area contributed by atoms with Crippen LogP contribution in [-0.2, 0) is 31.2 Å². The zero-order chi connectivity index (χ0) is 16.1. The second-order valence-electron chi connectivity index (χ2n) is 5.88. The summed E-state index contributed by atoms with van der Waals surface area (Å²) in [6, 6.07) is 9.54. The van der Waals surface area contributed by atoms with Crippen LogP contribution in [0.1, 0.15) is 36.5 Å². The molecule has 5 nitrogen and oxygen atoms in total. The molecule has 0 bridgehead atoms. The zero-order valence-electron chi connectivity index (χ0n) is 13.5. The number of imidazole rings is 1. The number of fused-ring (bicyclic) bond motifs is 1. The van der Waals surface area contributed by atoms with E-state index in [1.165, 1.54) is 24.2 Å².